The monoisotopic (exact) mass is 596 g/mol. The zero-order valence-electron chi connectivity index (χ0n) is 23.2. The van der Waals surface area contributed by atoms with Crippen molar-refractivity contribution in [1.29, 1.82) is 0 Å². The fourth-order valence-corrected chi connectivity index (χ4v) is 4.22. The van der Waals surface area contributed by atoms with Crippen molar-refractivity contribution in [1.82, 2.24) is 10.3 Å². The highest BCUT2D eigenvalue weighted by molar-refractivity contribution is 6.04. The molecule has 0 fully saturated rings. The lowest BCUT2D eigenvalue weighted by molar-refractivity contribution is -0.139. The molecule has 0 unspecified atom stereocenters. The maximum atomic E-state index is 13.3. The quantitative estimate of drug-likeness (QED) is 0.103. The summed E-state index contributed by atoms with van der Waals surface area (Å²) in [5, 5.41) is 12.5. The van der Waals surface area contributed by atoms with Gasteiger partial charge in [-0.2, -0.15) is 13.2 Å². The van der Waals surface area contributed by atoms with Gasteiger partial charge in [-0.25, -0.2) is 14.2 Å². The number of halogens is 4. The molecule has 1 heterocycles. The van der Waals surface area contributed by atoms with Crippen LogP contribution in [0.4, 0.5) is 17.6 Å². The number of ether oxygens (including phenoxy) is 1. The molecule has 0 saturated carbocycles. The van der Waals surface area contributed by atoms with E-state index in [0.717, 1.165) is 30.3 Å². The number of alkyl halides is 3. The molecule has 4 aromatic rings. The fourth-order valence-electron chi connectivity index (χ4n) is 4.22. The molecule has 0 bridgehead atoms. The van der Waals surface area contributed by atoms with E-state index < -0.39 is 29.5 Å². The number of aromatic nitrogens is 1. The summed E-state index contributed by atoms with van der Waals surface area (Å²) < 4.78 is 63.2. The third kappa shape index (κ3) is 8.31. The number of ketones is 1. The highest BCUT2D eigenvalue weighted by Gasteiger charge is 2.30. The molecule has 0 radical (unpaired) electrons. The molecule has 2 N–H and O–H groups in total. The Kier molecular flexibility index (Phi) is 9.64. The molecule has 0 aliphatic carbocycles. The number of rotatable bonds is 12. The number of hydrogen-bond donors (Lipinski definition) is 2. The molecule has 0 aliphatic rings. The van der Waals surface area contributed by atoms with Gasteiger partial charge in [-0.3, -0.25) is 4.79 Å². The van der Waals surface area contributed by atoms with Crippen LogP contribution in [-0.4, -0.2) is 27.9 Å². The minimum Gasteiger partial charge on any atom is -0.487 e. The number of hydrogen-bond acceptors (Lipinski definition) is 6. The zero-order valence-corrected chi connectivity index (χ0v) is 23.2. The van der Waals surface area contributed by atoms with Gasteiger partial charge in [0, 0.05) is 35.7 Å². The van der Waals surface area contributed by atoms with Gasteiger partial charge in [0.2, 0.25) is 5.89 Å². The van der Waals surface area contributed by atoms with Gasteiger partial charge < -0.3 is 19.6 Å². The molecule has 0 amide bonds. The van der Waals surface area contributed by atoms with E-state index in [1.165, 1.54) is 19.1 Å². The van der Waals surface area contributed by atoms with Crippen LogP contribution in [0.25, 0.3) is 11.5 Å². The van der Waals surface area contributed by atoms with Gasteiger partial charge in [0.25, 0.3) is 0 Å². The summed E-state index contributed by atoms with van der Waals surface area (Å²) in [6.45, 7) is 3.55. The minimum atomic E-state index is -4.51. The number of carboxylic acid groups (broad SMARTS) is 1. The summed E-state index contributed by atoms with van der Waals surface area (Å²) in [5.74, 6) is -0.537. The van der Waals surface area contributed by atoms with Crippen molar-refractivity contribution in [2.45, 2.75) is 45.5 Å². The average Bonchev–Trinajstić information content (AvgIpc) is 3.39. The number of allylic oxidation sites excluding steroid dienone is 2. The van der Waals surface area contributed by atoms with Crippen molar-refractivity contribution in [2.75, 3.05) is 0 Å². The van der Waals surface area contributed by atoms with Gasteiger partial charge in [0.05, 0.1) is 5.56 Å². The Hall–Kier alpha value is -4.93. The van der Waals surface area contributed by atoms with Crippen LogP contribution >= 0.6 is 0 Å². The Bertz CT molecular complexity index is 1590. The van der Waals surface area contributed by atoms with Crippen molar-refractivity contribution < 1.29 is 41.4 Å². The number of nitrogens with zero attached hydrogens (tertiary/aromatic N) is 1. The van der Waals surface area contributed by atoms with Crippen molar-refractivity contribution in [2.24, 2.45) is 0 Å². The number of aryl methyl sites for hydroxylation is 1. The number of carboxylic acids is 1. The first-order valence-corrected chi connectivity index (χ1v) is 13.3. The topological polar surface area (TPSA) is 102 Å². The second-order valence-corrected chi connectivity index (χ2v) is 9.69. The maximum Gasteiger partial charge on any atom is 0.416 e. The van der Waals surface area contributed by atoms with Gasteiger partial charge in [0.15, 0.2) is 5.78 Å². The summed E-state index contributed by atoms with van der Waals surface area (Å²) in [6.07, 6.45) is -2.70. The number of carbonyl (C=O) groups is 2. The largest absolute Gasteiger partial charge is 0.487 e. The van der Waals surface area contributed by atoms with E-state index in [-0.39, 0.29) is 30.1 Å². The first-order valence-electron chi connectivity index (χ1n) is 13.3. The molecule has 4 rings (SSSR count). The van der Waals surface area contributed by atoms with Gasteiger partial charge >= 0.3 is 12.1 Å². The molecule has 1 atom stereocenters. The Morgan fingerprint density at radius 2 is 1.67 bits per heavy atom. The predicted molar refractivity (Wildman–Crippen MR) is 150 cm³/mol. The molecule has 0 saturated heterocycles. The van der Waals surface area contributed by atoms with E-state index in [0.29, 0.717) is 40.6 Å². The van der Waals surface area contributed by atoms with E-state index >= 15 is 0 Å². The van der Waals surface area contributed by atoms with Crippen molar-refractivity contribution in [3.05, 3.63) is 119 Å². The van der Waals surface area contributed by atoms with Crippen molar-refractivity contribution >= 4 is 11.8 Å². The third-order valence-corrected chi connectivity index (χ3v) is 6.47. The second kappa shape index (κ2) is 13.4. The normalized spacial score (nSPS) is 12.6. The van der Waals surface area contributed by atoms with Crippen LogP contribution in [-0.2, 0) is 30.4 Å². The average molecular weight is 597 g/mol. The van der Waals surface area contributed by atoms with Gasteiger partial charge in [-0.15, -0.1) is 0 Å². The molecule has 7 nitrogen and oxygen atoms in total. The molecule has 0 spiro atoms. The van der Waals surface area contributed by atoms with Crippen LogP contribution in [0.2, 0.25) is 0 Å². The molecule has 3 aromatic carbocycles. The smallest absolute Gasteiger partial charge is 0.416 e. The van der Waals surface area contributed by atoms with Gasteiger partial charge in [-0.1, -0.05) is 31.2 Å². The second-order valence-electron chi connectivity index (χ2n) is 9.69. The molecular weight excluding hydrogens is 568 g/mol. The van der Waals surface area contributed by atoms with Crippen LogP contribution in [0.15, 0.2) is 89.0 Å². The number of carbonyl (C=O) groups excluding carboxylic acids is 1. The minimum absolute atomic E-state index is 0.0416. The number of aliphatic carboxylic acids is 1. The molecule has 1 aromatic heterocycles. The highest BCUT2D eigenvalue weighted by Crippen LogP contribution is 2.29. The van der Waals surface area contributed by atoms with Crippen molar-refractivity contribution in [3.8, 4) is 17.2 Å². The van der Waals surface area contributed by atoms with E-state index in [1.54, 1.807) is 36.4 Å². The van der Waals surface area contributed by atoms with E-state index in [9.17, 15) is 32.3 Å². The lowest BCUT2D eigenvalue weighted by atomic mass is 10.0. The standard InChI is InChI=1S/C32H28F4N2O5/c1-3-29-27(38-30(43-29)22-8-12-24(33)13-9-22)18-42-25-14-4-20(5-15-25)17-26(31(40)41)37-19(2)16-28(39)21-6-10-23(11-7-21)32(34,35)36/h4-16,26,37H,3,17-18H2,1-2H3,(H,40,41)/b19-16+/t26-/m0/s1. The Labute approximate surface area is 244 Å². The van der Waals surface area contributed by atoms with E-state index in [1.807, 2.05) is 6.92 Å². The van der Waals surface area contributed by atoms with E-state index in [2.05, 4.69) is 10.3 Å². The van der Waals surface area contributed by atoms with Crippen LogP contribution in [0.5, 0.6) is 5.75 Å². The van der Waals surface area contributed by atoms with Crippen LogP contribution in [0.1, 0.15) is 46.8 Å². The highest BCUT2D eigenvalue weighted by atomic mass is 19.4. The number of oxazole rings is 1. The maximum absolute atomic E-state index is 13.3. The summed E-state index contributed by atoms with van der Waals surface area (Å²) >= 11 is 0. The zero-order chi connectivity index (χ0) is 31.1. The van der Waals surface area contributed by atoms with E-state index in [4.69, 9.17) is 9.15 Å². The molecule has 11 heteroatoms. The van der Waals surface area contributed by atoms with Gasteiger partial charge in [-0.05, 0) is 61.0 Å². The van der Waals surface area contributed by atoms with Gasteiger partial charge in [0.1, 0.15) is 35.7 Å². The Balaban J connectivity index is 1.36. The molecule has 0 aliphatic heterocycles. The third-order valence-electron chi connectivity index (χ3n) is 6.47. The lowest BCUT2D eigenvalue weighted by Gasteiger charge is -2.16. The Morgan fingerprint density at radius 1 is 1.02 bits per heavy atom. The summed E-state index contributed by atoms with van der Waals surface area (Å²) in [7, 11) is 0. The first-order chi connectivity index (χ1) is 20.4. The van der Waals surface area contributed by atoms with Crippen LogP contribution < -0.4 is 10.1 Å². The van der Waals surface area contributed by atoms with Crippen LogP contribution in [0.3, 0.4) is 0 Å². The number of benzene rings is 3. The fraction of sp³-hybridized carbons (Fsp3) is 0.219. The Morgan fingerprint density at radius 3 is 2.26 bits per heavy atom. The SMILES string of the molecule is CCc1oc(-c2ccc(F)cc2)nc1COc1ccc(C[C@H](N/C(C)=C/C(=O)c2ccc(C(F)(F)F)cc2)C(=O)O)cc1. The summed E-state index contributed by atoms with van der Waals surface area (Å²) in [6, 6.07) is 15.3. The first kappa shape index (κ1) is 31.0. The lowest BCUT2D eigenvalue weighted by Crippen LogP contribution is -2.37. The molecular formula is C32H28F4N2O5. The molecule has 224 valence electrons. The number of nitrogens with one attached hydrogen (secondary N) is 1. The molecule has 43 heavy (non-hydrogen) atoms. The summed E-state index contributed by atoms with van der Waals surface area (Å²) in [5.41, 5.74) is 1.35. The predicted octanol–water partition coefficient (Wildman–Crippen LogP) is 7.01. The van der Waals surface area contributed by atoms with Crippen molar-refractivity contribution in [3.63, 3.8) is 0 Å². The summed E-state index contributed by atoms with van der Waals surface area (Å²) in [4.78, 5) is 28.9. The van der Waals surface area contributed by atoms with Crippen LogP contribution in [0, 0.1) is 5.82 Å².